The number of hydrogen-bond acceptors (Lipinski definition) is 4. The normalized spacial score (nSPS) is 11.4. The zero-order valence-corrected chi connectivity index (χ0v) is 14.5. The van der Waals surface area contributed by atoms with Crippen molar-refractivity contribution in [3.8, 4) is 12.3 Å². The van der Waals surface area contributed by atoms with Crippen LogP contribution in [0.5, 0.6) is 0 Å². The summed E-state index contributed by atoms with van der Waals surface area (Å²) in [7, 11) is 0. The van der Waals surface area contributed by atoms with Gasteiger partial charge in [0.25, 0.3) is 5.56 Å². The lowest BCUT2D eigenvalue weighted by Crippen LogP contribution is -2.48. The topological polar surface area (TPSA) is 64.0 Å². The zero-order chi connectivity index (χ0) is 17.0. The molecule has 0 saturated carbocycles. The number of aryl methyl sites for hydroxylation is 1. The van der Waals surface area contributed by atoms with Gasteiger partial charge in [-0.05, 0) is 25.3 Å². The molecule has 2 aromatic heterocycles. The second kappa shape index (κ2) is 6.97. The van der Waals surface area contributed by atoms with Crippen molar-refractivity contribution in [3.05, 3.63) is 27.6 Å². The van der Waals surface area contributed by atoms with Gasteiger partial charge >= 0.3 is 0 Å². The van der Waals surface area contributed by atoms with Crippen LogP contribution in [0.3, 0.4) is 0 Å². The third kappa shape index (κ3) is 3.45. The summed E-state index contributed by atoms with van der Waals surface area (Å²) in [5.74, 6) is 2.38. The molecule has 0 aromatic carbocycles. The highest BCUT2D eigenvalue weighted by molar-refractivity contribution is 7.18. The van der Waals surface area contributed by atoms with E-state index in [1.807, 2.05) is 26.8 Å². The fourth-order valence-electron chi connectivity index (χ4n) is 2.42. The molecule has 0 radical (unpaired) electrons. The van der Waals surface area contributed by atoms with Gasteiger partial charge in [0, 0.05) is 4.88 Å². The van der Waals surface area contributed by atoms with E-state index in [1.165, 1.54) is 22.2 Å². The summed E-state index contributed by atoms with van der Waals surface area (Å²) in [6.07, 6.45) is 9.12. The number of nitrogens with one attached hydrogen (secondary N) is 1. The number of thiophene rings is 1. The van der Waals surface area contributed by atoms with Crippen LogP contribution in [-0.4, -0.2) is 21.0 Å². The van der Waals surface area contributed by atoms with Gasteiger partial charge < -0.3 is 5.32 Å². The molecule has 23 heavy (non-hydrogen) atoms. The maximum absolute atomic E-state index is 12.5. The van der Waals surface area contributed by atoms with Crippen molar-refractivity contribution >= 4 is 27.5 Å². The monoisotopic (exact) mass is 331 g/mol. The van der Waals surface area contributed by atoms with Gasteiger partial charge in [-0.25, -0.2) is 4.98 Å². The number of carbonyl (C=O) groups excluding carboxylic acids is 1. The molecule has 0 unspecified atom stereocenters. The molecule has 2 heterocycles. The lowest BCUT2D eigenvalue weighted by Gasteiger charge is -2.27. The van der Waals surface area contributed by atoms with Gasteiger partial charge in [0.05, 0.1) is 11.7 Å². The van der Waals surface area contributed by atoms with E-state index in [2.05, 4.69) is 16.2 Å². The highest BCUT2D eigenvalue weighted by Gasteiger charge is 2.25. The van der Waals surface area contributed by atoms with E-state index in [-0.39, 0.29) is 18.0 Å². The molecule has 0 aliphatic carbocycles. The number of fused-ring (bicyclic) bond motifs is 1. The van der Waals surface area contributed by atoms with Gasteiger partial charge in [0.1, 0.15) is 16.9 Å². The molecule has 0 saturated heterocycles. The number of carbonyl (C=O) groups is 1. The lowest BCUT2D eigenvalue weighted by atomic mass is 9.94. The van der Waals surface area contributed by atoms with Gasteiger partial charge in [-0.2, -0.15) is 0 Å². The van der Waals surface area contributed by atoms with Gasteiger partial charge in [-0.1, -0.05) is 26.7 Å². The Labute approximate surface area is 139 Å². The molecule has 1 N–H and O–H groups in total. The average molecular weight is 331 g/mol. The van der Waals surface area contributed by atoms with Crippen LogP contribution in [0.1, 0.15) is 38.5 Å². The van der Waals surface area contributed by atoms with Crippen molar-refractivity contribution in [3.63, 3.8) is 0 Å². The Morgan fingerprint density at radius 2 is 2.13 bits per heavy atom. The highest BCUT2D eigenvalue weighted by atomic mass is 32.1. The number of aromatic nitrogens is 2. The molecule has 0 bridgehead atoms. The SMILES string of the molecule is C#CC(CC)(CC)NC(=O)Cn1cnc2sc(CC)cc2c1=O. The maximum atomic E-state index is 12.5. The van der Waals surface area contributed by atoms with Crippen molar-refractivity contribution in [2.75, 3.05) is 0 Å². The summed E-state index contributed by atoms with van der Waals surface area (Å²) in [4.78, 5) is 30.8. The van der Waals surface area contributed by atoms with Crippen molar-refractivity contribution in [1.29, 1.82) is 0 Å². The number of hydrogen-bond donors (Lipinski definition) is 1. The van der Waals surface area contributed by atoms with Gasteiger partial charge in [-0.3, -0.25) is 14.2 Å². The fraction of sp³-hybridized carbons (Fsp3) is 0.471. The molecule has 1 amide bonds. The molecular formula is C17H21N3O2S. The van der Waals surface area contributed by atoms with Crippen LogP contribution in [0.2, 0.25) is 0 Å². The van der Waals surface area contributed by atoms with E-state index < -0.39 is 5.54 Å². The van der Waals surface area contributed by atoms with E-state index in [4.69, 9.17) is 6.42 Å². The molecule has 122 valence electrons. The Morgan fingerprint density at radius 3 is 2.70 bits per heavy atom. The summed E-state index contributed by atoms with van der Waals surface area (Å²) in [6.45, 7) is 5.82. The largest absolute Gasteiger partial charge is 0.338 e. The third-order valence-corrected chi connectivity index (χ3v) is 5.28. The van der Waals surface area contributed by atoms with Crippen molar-refractivity contribution < 1.29 is 4.79 Å². The minimum Gasteiger partial charge on any atom is -0.338 e. The smallest absolute Gasteiger partial charge is 0.262 e. The minimum atomic E-state index is -0.657. The van der Waals surface area contributed by atoms with Crippen LogP contribution in [0.25, 0.3) is 10.2 Å². The quantitative estimate of drug-likeness (QED) is 0.826. The highest BCUT2D eigenvalue weighted by Crippen LogP contribution is 2.21. The Balaban J connectivity index is 2.25. The molecule has 0 aliphatic heterocycles. The summed E-state index contributed by atoms with van der Waals surface area (Å²) < 4.78 is 1.33. The molecule has 5 nitrogen and oxygen atoms in total. The average Bonchev–Trinajstić information content (AvgIpc) is 2.99. The third-order valence-electron chi connectivity index (χ3n) is 4.09. The summed E-state index contributed by atoms with van der Waals surface area (Å²) in [5.41, 5.74) is -0.851. The van der Waals surface area contributed by atoms with Crippen molar-refractivity contribution in [2.45, 2.75) is 52.1 Å². The van der Waals surface area contributed by atoms with Gasteiger partial charge in [-0.15, -0.1) is 17.8 Å². The summed E-state index contributed by atoms with van der Waals surface area (Å²) in [6, 6.07) is 1.85. The molecule has 0 aliphatic rings. The molecular weight excluding hydrogens is 310 g/mol. The Bertz CT molecular complexity index is 809. The predicted molar refractivity (Wildman–Crippen MR) is 93.5 cm³/mol. The van der Waals surface area contributed by atoms with Crippen LogP contribution in [0.15, 0.2) is 17.2 Å². The molecule has 0 atom stereocenters. The van der Waals surface area contributed by atoms with Crippen LogP contribution in [0.4, 0.5) is 0 Å². The summed E-state index contributed by atoms with van der Waals surface area (Å²) >= 11 is 1.51. The first-order valence-electron chi connectivity index (χ1n) is 7.75. The van der Waals surface area contributed by atoms with Gasteiger partial charge in [0.15, 0.2) is 0 Å². The van der Waals surface area contributed by atoms with Crippen molar-refractivity contribution in [2.24, 2.45) is 0 Å². The van der Waals surface area contributed by atoms with E-state index in [9.17, 15) is 9.59 Å². The number of nitrogens with zero attached hydrogens (tertiary/aromatic N) is 2. The molecule has 2 aromatic rings. The first kappa shape index (κ1) is 17.2. The summed E-state index contributed by atoms with van der Waals surface area (Å²) in [5, 5.41) is 3.43. The fourth-order valence-corrected chi connectivity index (χ4v) is 3.35. The molecule has 6 heteroatoms. The number of rotatable bonds is 6. The Hall–Kier alpha value is -2.13. The second-order valence-corrected chi connectivity index (χ2v) is 6.56. The molecule has 0 fully saturated rings. The molecule has 2 rings (SSSR count). The molecule has 0 spiro atoms. The van der Waals surface area contributed by atoms with Crippen LogP contribution in [-0.2, 0) is 17.8 Å². The zero-order valence-electron chi connectivity index (χ0n) is 13.7. The Morgan fingerprint density at radius 1 is 1.43 bits per heavy atom. The van der Waals surface area contributed by atoms with Crippen LogP contribution < -0.4 is 10.9 Å². The standard InChI is InChI=1S/C17H21N3O2S/c1-5-12-9-13-15(23-12)18-11-20(16(13)22)10-14(21)19-17(6-2,7-3)8-4/h2,9,11H,5,7-8,10H2,1,3-4H3,(H,19,21). The number of amides is 1. The Kier molecular flexibility index (Phi) is 5.22. The van der Waals surface area contributed by atoms with E-state index in [1.54, 1.807) is 0 Å². The number of terminal acetylenes is 1. The van der Waals surface area contributed by atoms with Crippen molar-refractivity contribution in [1.82, 2.24) is 14.9 Å². The maximum Gasteiger partial charge on any atom is 0.262 e. The van der Waals surface area contributed by atoms with E-state index >= 15 is 0 Å². The lowest BCUT2D eigenvalue weighted by molar-refractivity contribution is -0.123. The van der Waals surface area contributed by atoms with Gasteiger partial charge in [0.2, 0.25) is 5.91 Å². The predicted octanol–water partition coefficient (Wildman–Crippen LogP) is 2.33. The minimum absolute atomic E-state index is 0.0808. The first-order chi connectivity index (χ1) is 11.0. The van der Waals surface area contributed by atoms with E-state index in [0.29, 0.717) is 23.1 Å². The van der Waals surface area contributed by atoms with Crippen LogP contribution >= 0.6 is 11.3 Å². The first-order valence-corrected chi connectivity index (χ1v) is 8.56. The van der Waals surface area contributed by atoms with E-state index in [0.717, 1.165) is 11.3 Å². The van der Waals surface area contributed by atoms with Crippen LogP contribution in [0, 0.1) is 12.3 Å². The second-order valence-electron chi connectivity index (χ2n) is 5.44.